The first-order valence-corrected chi connectivity index (χ1v) is 10.3. The average molecular weight is 375 g/mol. The summed E-state index contributed by atoms with van der Waals surface area (Å²) >= 11 is 0. The monoisotopic (exact) mass is 374 g/mol. The molecule has 1 N–H and O–H groups in total. The van der Waals surface area contributed by atoms with Crippen LogP contribution >= 0.6 is 0 Å². The van der Waals surface area contributed by atoms with Crippen LogP contribution in [0.3, 0.4) is 0 Å². The molecule has 5 nitrogen and oxygen atoms in total. The van der Waals surface area contributed by atoms with E-state index in [1.165, 1.54) is 4.31 Å². The van der Waals surface area contributed by atoms with E-state index in [0.717, 1.165) is 18.4 Å². The lowest BCUT2D eigenvalue weighted by Crippen LogP contribution is -2.32. The lowest BCUT2D eigenvalue weighted by atomic mass is 10.1. The third kappa shape index (κ3) is 4.93. The fourth-order valence-electron chi connectivity index (χ4n) is 2.62. The second-order valence-corrected chi connectivity index (χ2v) is 8.19. The summed E-state index contributed by atoms with van der Waals surface area (Å²) in [4.78, 5) is 12.5. The van der Waals surface area contributed by atoms with Crippen LogP contribution in [0.5, 0.6) is 0 Å². The summed E-state index contributed by atoms with van der Waals surface area (Å²) in [6.45, 7) is 6.88. The Morgan fingerprint density at radius 2 is 1.46 bits per heavy atom. The number of hydrogen-bond donors (Lipinski definition) is 1. The van der Waals surface area contributed by atoms with Crippen LogP contribution in [0, 0.1) is 6.92 Å². The van der Waals surface area contributed by atoms with Crippen LogP contribution in [-0.4, -0.2) is 31.7 Å². The molecule has 2 aromatic rings. The standard InChI is InChI=1S/C20H26N2O3S/c1-4-14-22(15-5-2)26(24,25)19-12-10-18(11-13-19)21-20(23)17-8-6-16(3)7-9-17/h6-13H,4-5,14-15H2,1-3H3,(H,21,23). The van der Waals surface area contributed by atoms with Crippen molar-refractivity contribution < 1.29 is 13.2 Å². The highest BCUT2D eigenvalue weighted by atomic mass is 32.2. The highest BCUT2D eigenvalue weighted by Gasteiger charge is 2.22. The quantitative estimate of drug-likeness (QED) is 0.758. The topological polar surface area (TPSA) is 66.5 Å². The molecule has 140 valence electrons. The molecule has 0 saturated heterocycles. The Kier molecular flexibility index (Phi) is 6.94. The molecule has 0 aliphatic rings. The molecule has 6 heteroatoms. The SMILES string of the molecule is CCCN(CCC)S(=O)(=O)c1ccc(NC(=O)c2ccc(C)cc2)cc1. The maximum Gasteiger partial charge on any atom is 0.255 e. The van der Waals surface area contributed by atoms with E-state index in [1.807, 2.05) is 32.9 Å². The van der Waals surface area contributed by atoms with Crippen LogP contribution in [0.15, 0.2) is 53.4 Å². The van der Waals surface area contributed by atoms with Gasteiger partial charge >= 0.3 is 0 Å². The fourth-order valence-corrected chi connectivity index (χ4v) is 4.24. The number of hydrogen-bond acceptors (Lipinski definition) is 3. The van der Waals surface area contributed by atoms with Gasteiger partial charge in [-0.2, -0.15) is 4.31 Å². The van der Waals surface area contributed by atoms with Gasteiger partial charge < -0.3 is 5.32 Å². The smallest absolute Gasteiger partial charge is 0.255 e. The van der Waals surface area contributed by atoms with Gasteiger partial charge in [0.2, 0.25) is 10.0 Å². The molecule has 1 amide bonds. The zero-order valence-electron chi connectivity index (χ0n) is 15.5. The minimum Gasteiger partial charge on any atom is -0.322 e. The summed E-state index contributed by atoms with van der Waals surface area (Å²) in [7, 11) is -3.51. The first kappa shape index (κ1) is 20.1. The van der Waals surface area contributed by atoms with Gasteiger partial charge in [-0.05, 0) is 56.2 Å². The highest BCUT2D eigenvalue weighted by molar-refractivity contribution is 7.89. The van der Waals surface area contributed by atoms with E-state index in [9.17, 15) is 13.2 Å². The summed E-state index contributed by atoms with van der Waals surface area (Å²) in [5.41, 5.74) is 2.20. The Balaban J connectivity index is 2.14. The van der Waals surface area contributed by atoms with Crippen molar-refractivity contribution >= 4 is 21.6 Å². The Labute approximate surface area is 156 Å². The number of anilines is 1. The lowest BCUT2D eigenvalue weighted by molar-refractivity contribution is 0.102. The van der Waals surface area contributed by atoms with Gasteiger partial charge in [-0.25, -0.2) is 8.42 Å². The molecule has 2 aromatic carbocycles. The molecule has 0 atom stereocenters. The van der Waals surface area contributed by atoms with Gasteiger partial charge in [0, 0.05) is 24.3 Å². The molecule has 0 spiro atoms. The van der Waals surface area contributed by atoms with Crippen molar-refractivity contribution in [3.05, 3.63) is 59.7 Å². The summed E-state index contributed by atoms with van der Waals surface area (Å²) in [5.74, 6) is -0.223. The third-order valence-corrected chi connectivity index (χ3v) is 5.92. The molecule has 0 saturated carbocycles. The molecule has 26 heavy (non-hydrogen) atoms. The molecule has 0 bridgehead atoms. The Morgan fingerprint density at radius 1 is 0.923 bits per heavy atom. The zero-order chi connectivity index (χ0) is 19.2. The second kappa shape index (κ2) is 8.96. The first-order valence-electron chi connectivity index (χ1n) is 8.86. The lowest BCUT2D eigenvalue weighted by Gasteiger charge is -2.21. The molecule has 2 rings (SSSR count). The van der Waals surface area contributed by atoms with Gasteiger partial charge in [-0.15, -0.1) is 0 Å². The van der Waals surface area contributed by atoms with E-state index in [2.05, 4.69) is 5.32 Å². The third-order valence-electron chi connectivity index (χ3n) is 4.01. The number of carbonyl (C=O) groups excluding carboxylic acids is 1. The molecule has 0 unspecified atom stereocenters. The van der Waals surface area contributed by atoms with Gasteiger partial charge in [0.05, 0.1) is 4.90 Å². The maximum absolute atomic E-state index is 12.7. The van der Waals surface area contributed by atoms with E-state index >= 15 is 0 Å². The summed E-state index contributed by atoms with van der Waals surface area (Å²) in [5, 5.41) is 2.79. The molecule has 0 heterocycles. The number of nitrogens with zero attached hydrogens (tertiary/aromatic N) is 1. The van der Waals surface area contributed by atoms with E-state index in [-0.39, 0.29) is 10.8 Å². The maximum atomic E-state index is 12.7. The molecular weight excluding hydrogens is 348 g/mol. The number of sulfonamides is 1. The Bertz CT molecular complexity index is 822. The number of carbonyl (C=O) groups is 1. The number of aryl methyl sites for hydroxylation is 1. The highest BCUT2D eigenvalue weighted by Crippen LogP contribution is 2.19. The van der Waals surface area contributed by atoms with E-state index in [1.54, 1.807) is 36.4 Å². The minimum atomic E-state index is -3.51. The van der Waals surface area contributed by atoms with Crippen molar-refractivity contribution in [2.45, 2.75) is 38.5 Å². The second-order valence-electron chi connectivity index (χ2n) is 6.25. The van der Waals surface area contributed by atoms with Gasteiger partial charge in [0.25, 0.3) is 5.91 Å². The molecule has 0 aliphatic carbocycles. The Hall–Kier alpha value is -2.18. The van der Waals surface area contributed by atoms with Crippen molar-refractivity contribution in [3.63, 3.8) is 0 Å². The van der Waals surface area contributed by atoms with Gasteiger partial charge in [-0.3, -0.25) is 4.79 Å². The van der Waals surface area contributed by atoms with Crippen LogP contribution < -0.4 is 5.32 Å². The van der Waals surface area contributed by atoms with Crippen LogP contribution in [0.25, 0.3) is 0 Å². The summed E-state index contributed by atoms with van der Waals surface area (Å²) in [6.07, 6.45) is 1.54. The molecular formula is C20H26N2O3S. The zero-order valence-corrected chi connectivity index (χ0v) is 16.3. The summed E-state index contributed by atoms with van der Waals surface area (Å²) < 4.78 is 27.0. The van der Waals surface area contributed by atoms with Crippen LogP contribution in [0.1, 0.15) is 42.6 Å². The number of rotatable bonds is 8. The van der Waals surface area contributed by atoms with E-state index in [4.69, 9.17) is 0 Å². The van der Waals surface area contributed by atoms with Crippen LogP contribution in [0.2, 0.25) is 0 Å². The number of amides is 1. The molecule has 0 aromatic heterocycles. The average Bonchev–Trinajstić information content (AvgIpc) is 2.62. The van der Waals surface area contributed by atoms with Crippen molar-refractivity contribution in [1.82, 2.24) is 4.31 Å². The van der Waals surface area contributed by atoms with Crippen LogP contribution in [-0.2, 0) is 10.0 Å². The van der Waals surface area contributed by atoms with Gasteiger partial charge in [-0.1, -0.05) is 31.5 Å². The largest absolute Gasteiger partial charge is 0.322 e. The molecule has 0 radical (unpaired) electrons. The predicted octanol–water partition coefficient (Wildman–Crippen LogP) is 4.06. The fraction of sp³-hybridized carbons (Fsp3) is 0.350. The predicted molar refractivity (Wildman–Crippen MR) is 105 cm³/mol. The van der Waals surface area contributed by atoms with Crippen molar-refractivity contribution in [2.24, 2.45) is 0 Å². The first-order chi connectivity index (χ1) is 12.4. The van der Waals surface area contributed by atoms with Crippen LogP contribution in [0.4, 0.5) is 5.69 Å². The van der Waals surface area contributed by atoms with Crippen molar-refractivity contribution in [2.75, 3.05) is 18.4 Å². The minimum absolute atomic E-state index is 0.223. The number of benzene rings is 2. The van der Waals surface area contributed by atoms with Gasteiger partial charge in [0.1, 0.15) is 0 Å². The van der Waals surface area contributed by atoms with Crippen molar-refractivity contribution in [3.8, 4) is 0 Å². The normalized spacial score (nSPS) is 11.5. The van der Waals surface area contributed by atoms with Gasteiger partial charge in [0.15, 0.2) is 0 Å². The Morgan fingerprint density at radius 3 is 1.96 bits per heavy atom. The van der Waals surface area contributed by atoms with E-state index < -0.39 is 10.0 Å². The van der Waals surface area contributed by atoms with Crippen molar-refractivity contribution in [1.29, 1.82) is 0 Å². The molecule has 0 fully saturated rings. The van der Waals surface area contributed by atoms with E-state index in [0.29, 0.717) is 24.3 Å². The molecule has 0 aliphatic heterocycles. The summed E-state index contributed by atoms with van der Waals surface area (Å²) in [6, 6.07) is 13.6. The number of nitrogens with one attached hydrogen (secondary N) is 1.